The van der Waals surface area contributed by atoms with Crippen molar-refractivity contribution in [3.8, 4) is 0 Å². The SMILES string of the molecule is CC(C)CC(NC(=O)C(c1ccccc1)(c1ccccc1)c1ccccc1)C(=O)O. The molecule has 4 heteroatoms. The van der Waals surface area contributed by atoms with E-state index in [1.807, 2.05) is 105 Å². The lowest BCUT2D eigenvalue weighted by Gasteiger charge is -2.35. The number of aliphatic carboxylic acids is 1. The van der Waals surface area contributed by atoms with Crippen LogP contribution in [0.5, 0.6) is 0 Å². The summed E-state index contributed by atoms with van der Waals surface area (Å²) in [5.41, 5.74) is 1.19. The number of carbonyl (C=O) groups excluding carboxylic acids is 1. The third kappa shape index (κ3) is 4.28. The molecule has 0 fully saturated rings. The van der Waals surface area contributed by atoms with Crippen molar-refractivity contribution in [2.75, 3.05) is 0 Å². The zero-order chi connectivity index (χ0) is 21.6. The molecule has 0 heterocycles. The average Bonchev–Trinajstić information content (AvgIpc) is 2.76. The average molecular weight is 402 g/mol. The van der Waals surface area contributed by atoms with Gasteiger partial charge in [0.15, 0.2) is 0 Å². The van der Waals surface area contributed by atoms with Gasteiger partial charge in [-0.3, -0.25) is 4.79 Å². The van der Waals surface area contributed by atoms with Gasteiger partial charge < -0.3 is 10.4 Å². The summed E-state index contributed by atoms with van der Waals surface area (Å²) in [6, 6.07) is 27.6. The van der Waals surface area contributed by atoms with Crippen LogP contribution in [-0.4, -0.2) is 23.0 Å². The first-order valence-electron chi connectivity index (χ1n) is 10.2. The molecule has 4 nitrogen and oxygen atoms in total. The minimum absolute atomic E-state index is 0.131. The fourth-order valence-corrected chi connectivity index (χ4v) is 3.92. The van der Waals surface area contributed by atoms with E-state index in [9.17, 15) is 14.7 Å². The number of hydrogen-bond acceptors (Lipinski definition) is 2. The third-order valence-electron chi connectivity index (χ3n) is 5.27. The Kier molecular flexibility index (Phi) is 6.68. The van der Waals surface area contributed by atoms with Gasteiger partial charge >= 0.3 is 5.97 Å². The lowest BCUT2D eigenvalue weighted by atomic mass is 9.68. The molecule has 0 aliphatic rings. The van der Waals surface area contributed by atoms with E-state index in [0.29, 0.717) is 6.42 Å². The van der Waals surface area contributed by atoms with Gasteiger partial charge in [0.25, 0.3) is 0 Å². The zero-order valence-corrected chi connectivity index (χ0v) is 17.3. The highest BCUT2D eigenvalue weighted by Gasteiger charge is 2.44. The van der Waals surface area contributed by atoms with Gasteiger partial charge in [0.1, 0.15) is 11.5 Å². The van der Waals surface area contributed by atoms with Crippen LogP contribution in [-0.2, 0) is 15.0 Å². The molecule has 1 unspecified atom stereocenters. The fourth-order valence-electron chi connectivity index (χ4n) is 3.92. The zero-order valence-electron chi connectivity index (χ0n) is 17.3. The van der Waals surface area contributed by atoms with Gasteiger partial charge in [0, 0.05) is 0 Å². The molecule has 30 heavy (non-hydrogen) atoms. The van der Waals surface area contributed by atoms with Crippen LogP contribution in [0.4, 0.5) is 0 Å². The van der Waals surface area contributed by atoms with Gasteiger partial charge in [0.05, 0.1) is 0 Å². The highest BCUT2D eigenvalue weighted by atomic mass is 16.4. The summed E-state index contributed by atoms with van der Waals surface area (Å²) in [5, 5.41) is 12.6. The van der Waals surface area contributed by atoms with Crippen molar-refractivity contribution in [1.82, 2.24) is 5.32 Å². The Bertz CT molecular complexity index is 872. The minimum Gasteiger partial charge on any atom is -0.480 e. The second-order valence-electron chi connectivity index (χ2n) is 7.84. The van der Waals surface area contributed by atoms with Crippen molar-refractivity contribution >= 4 is 11.9 Å². The van der Waals surface area contributed by atoms with Gasteiger partial charge in [-0.05, 0) is 29.0 Å². The first-order valence-corrected chi connectivity index (χ1v) is 10.2. The Labute approximate surface area is 177 Å². The van der Waals surface area contributed by atoms with Crippen molar-refractivity contribution < 1.29 is 14.7 Å². The normalized spacial score (nSPS) is 12.4. The maximum Gasteiger partial charge on any atom is 0.326 e. The molecule has 0 aliphatic heterocycles. The molecule has 3 aromatic carbocycles. The summed E-state index contributed by atoms with van der Waals surface area (Å²) in [6.45, 7) is 3.89. The number of carbonyl (C=O) groups is 2. The minimum atomic E-state index is -1.17. The monoisotopic (exact) mass is 401 g/mol. The van der Waals surface area contributed by atoms with Crippen LogP contribution in [0.1, 0.15) is 37.0 Å². The topological polar surface area (TPSA) is 66.4 Å². The molecule has 1 amide bonds. The van der Waals surface area contributed by atoms with Gasteiger partial charge in [0.2, 0.25) is 5.91 Å². The summed E-state index contributed by atoms with van der Waals surface area (Å²) in [4.78, 5) is 25.9. The maximum atomic E-state index is 14.0. The maximum absolute atomic E-state index is 14.0. The summed E-state index contributed by atoms with van der Waals surface area (Å²) in [7, 11) is 0. The molecule has 0 aromatic heterocycles. The van der Waals surface area contributed by atoms with Crippen molar-refractivity contribution in [2.45, 2.75) is 31.7 Å². The first kappa shape index (κ1) is 21.3. The number of rotatable bonds is 8. The molecule has 0 spiro atoms. The Hall–Kier alpha value is -3.40. The van der Waals surface area contributed by atoms with E-state index in [1.165, 1.54) is 0 Å². The standard InChI is InChI=1S/C26H27NO3/c1-19(2)18-23(24(28)29)27-25(30)26(20-12-6-3-7-13-20,21-14-8-4-9-15-21)22-16-10-5-11-17-22/h3-17,19,23H,18H2,1-2H3,(H,27,30)(H,28,29). The smallest absolute Gasteiger partial charge is 0.326 e. The highest BCUT2D eigenvalue weighted by Crippen LogP contribution is 2.39. The van der Waals surface area contributed by atoms with Crippen LogP contribution in [0.15, 0.2) is 91.0 Å². The van der Waals surface area contributed by atoms with Crippen LogP contribution in [0.25, 0.3) is 0 Å². The van der Waals surface area contributed by atoms with Crippen LogP contribution in [0, 0.1) is 5.92 Å². The van der Waals surface area contributed by atoms with E-state index >= 15 is 0 Å². The quantitative estimate of drug-likeness (QED) is 0.541. The van der Waals surface area contributed by atoms with Crippen molar-refractivity contribution in [2.24, 2.45) is 5.92 Å². The van der Waals surface area contributed by atoms with Gasteiger partial charge in [-0.25, -0.2) is 4.79 Å². The van der Waals surface area contributed by atoms with Crippen LogP contribution in [0.2, 0.25) is 0 Å². The lowest BCUT2D eigenvalue weighted by Crippen LogP contribution is -2.52. The van der Waals surface area contributed by atoms with E-state index in [-0.39, 0.29) is 11.8 Å². The van der Waals surface area contributed by atoms with E-state index < -0.39 is 17.4 Å². The predicted molar refractivity (Wildman–Crippen MR) is 118 cm³/mol. The first-order chi connectivity index (χ1) is 14.5. The lowest BCUT2D eigenvalue weighted by molar-refractivity contribution is -0.142. The molecule has 0 aliphatic carbocycles. The number of carboxylic acid groups (broad SMARTS) is 1. The van der Waals surface area contributed by atoms with E-state index in [0.717, 1.165) is 16.7 Å². The Morgan fingerprint density at radius 2 is 1.13 bits per heavy atom. The molecule has 3 aromatic rings. The Morgan fingerprint density at radius 1 is 0.767 bits per heavy atom. The molecule has 154 valence electrons. The third-order valence-corrected chi connectivity index (χ3v) is 5.27. The van der Waals surface area contributed by atoms with Crippen LogP contribution < -0.4 is 5.32 Å². The molecule has 0 bridgehead atoms. The highest BCUT2D eigenvalue weighted by molar-refractivity contribution is 5.98. The van der Waals surface area contributed by atoms with Gasteiger partial charge in [-0.15, -0.1) is 0 Å². The number of benzene rings is 3. The number of nitrogens with one attached hydrogen (secondary N) is 1. The van der Waals surface area contributed by atoms with Crippen LogP contribution in [0.3, 0.4) is 0 Å². The van der Waals surface area contributed by atoms with Crippen LogP contribution >= 0.6 is 0 Å². The number of amides is 1. The fraction of sp³-hybridized carbons (Fsp3) is 0.231. The van der Waals surface area contributed by atoms with Gasteiger partial charge in [-0.2, -0.15) is 0 Å². The molecule has 0 saturated carbocycles. The van der Waals surface area contributed by atoms with Gasteiger partial charge in [-0.1, -0.05) is 105 Å². The van der Waals surface area contributed by atoms with Crippen molar-refractivity contribution in [1.29, 1.82) is 0 Å². The molecular formula is C26H27NO3. The Balaban J connectivity index is 2.23. The molecule has 1 atom stereocenters. The molecular weight excluding hydrogens is 374 g/mol. The number of carboxylic acids is 1. The van der Waals surface area contributed by atoms with E-state index in [1.54, 1.807) is 0 Å². The molecule has 0 saturated heterocycles. The second kappa shape index (κ2) is 9.40. The van der Waals surface area contributed by atoms with E-state index in [4.69, 9.17) is 0 Å². The summed E-state index contributed by atoms with van der Waals surface area (Å²) >= 11 is 0. The summed E-state index contributed by atoms with van der Waals surface area (Å²) < 4.78 is 0. The number of hydrogen-bond donors (Lipinski definition) is 2. The largest absolute Gasteiger partial charge is 0.480 e. The van der Waals surface area contributed by atoms with Crippen molar-refractivity contribution in [3.05, 3.63) is 108 Å². The predicted octanol–water partition coefficient (Wildman–Crippen LogP) is 4.64. The molecule has 3 rings (SSSR count). The van der Waals surface area contributed by atoms with E-state index in [2.05, 4.69) is 5.32 Å². The summed E-state index contributed by atoms with van der Waals surface area (Å²) in [5.74, 6) is -1.25. The molecule has 2 N–H and O–H groups in total. The second-order valence-corrected chi connectivity index (χ2v) is 7.84. The van der Waals surface area contributed by atoms with Crippen molar-refractivity contribution in [3.63, 3.8) is 0 Å². The Morgan fingerprint density at radius 3 is 1.43 bits per heavy atom. The molecule has 0 radical (unpaired) electrons. The summed E-state index contributed by atoms with van der Waals surface area (Å²) in [6.07, 6.45) is 0.357.